The predicted octanol–water partition coefficient (Wildman–Crippen LogP) is 1.41. The van der Waals surface area contributed by atoms with Crippen LogP contribution in [0.1, 0.15) is 32.1 Å². The molecule has 3 atom stereocenters. The van der Waals surface area contributed by atoms with Crippen molar-refractivity contribution >= 4 is 21.6 Å². The largest absolute Gasteiger partial charge is 0.393 e. The molecule has 1 aliphatic heterocycles. The van der Waals surface area contributed by atoms with Crippen LogP contribution >= 0.6 is 21.6 Å². The second-order valence-corrected chi connectivity index (χ2v) is 6.64. The van der Waals surface area contributed by atoms with Gasteiger partial charge in [0.15, 0.2) is 0 Å². The molecule has 3 unspecified atom stereocenters. The number of aliphatic hydroxyl groups is 3. The average molecular weight is 252 g/mol. The molecule has 0 aromatic rings. The summed E-state index contributed by atoms with van der Waals surface area (Å²) in [6.07, 6.45) is 2.43. The molecule has 0 saturated carbocycles. The highest BCUT2D eigenvalue weighted by atomic mass is 33.1. The lowest BCUT2D eigenvalue weighted by Crippen LogP contribution is -2.18. The zero-order valence-electron chi connectivity index (χ0n) is 8.84. The lowest BCUT2D eigenvalue weighted by atomic mass is 10.0. The van der Waals surface area contributed by atoms with Gasteiger partial charge in [-0.3, -0.25) is 0 Å². The summed E-state index contributed by atoms with van der Waals surface area (Å²) in [5.74, 6) is 1.63. The Morgan fingerprint density at radius 1 is 0.667 bits per heavy atom. The molecule has 1 heterocycles. The van der Waals surface area contributed by atoms with E-state index in [1.165, 1.54) is 0 Å². The maximum absolute atomic E-state index is 9.59. The first-order chi connectivity index (χ1) is 7.18. The Labute approximate surface area is 99.0 Å². The highest BCUT2D eigenvalue weighted by molar-refractivity contribution is 8.76. The van der Waals surface area contributed by atoms with Gasteiger partial charge >= 0.3 is 0 Å². The van der Waals surface area contributed by atoms with E-state index in [1.807, 2.05) is 0 Å². The lowest BCUT2D eigenvalue weighted by molar-refractivity contribution is 0.0923. The zero-order chi connectivity index (χ0) is 11.1. The van der Waals surface area contributed by atoms with Gasteiger partial charge in [0.05, 0.1) is 18.3 Å². The van der Waals surface area contributed by atoms with Crippen molar-refractivity contribution in [1.82, 2.24) is 0 Å². The van der Waals surface area contributed by atoms with Crippen molar-refractivity contribution in [3.8, 4) is 0 Å². The van der Waals surface area contributed by atoms with Crippen molar-refractivity contribution in [2.45, 2.75) is 50.4 Å². The zero-order valence-corrected chi connectivity index (χ0v) is 10.5. The minimum Gasteiger partial charge on any atom is -0.393 e. The molecule has 0 amide bonds. The lowest BCUT2D eigenvalue weighted by Gasteiger charge is -2.17. The Morgan fingerprint density at radius 2 is 1.20 bits per heavy atom. The van der Waals surface area contributed by atoms with Crippen molar-refractivity contribution < 1.29 is 15.3 Å². The minimum atomic E-state index is -0.369. The fraction of sp³-hybridized carbons (Fsp3) is 1.00. The second kappa shape index (κ2) is 7.79. The number of aliphatic hydroxyl groups excluding tert-OH is 3. The summed E-state index contributed by atoms with van der Waals surface area (Å²) in [6.45, 7) is 0. The molecule has 90 valence electrons. The maximum atomic E-state index is 9.59. The maximum Gasteiger partial charge on any atom is 0.0639 e. The van der Waals surface area contributed by atoms with Gasteiger partial charge in [-0.2, -0.15) is 0 Å². The number of rotatable bonds is 0. The number of hydrogen-bond donors (Lipinski definition) is 3. The fourth-order valence-electron chi connectivity index (χ4n) is 1.51. The van der Waals surface area contributed by atoms with E-state index in [2.05, 4.69) is 0 Å². The van der Waals surface area contributed by atoms with Gasteiger partial charge in [0.1, 0.15) is 0 Å². The standard InChI is InChI=1S/C10H20O3S2/c11-8-1-2-9(12)5-6-14-15-7-10(13)4-3-8/h8-13H,1-7H2. The molecule has 0 aromatic heterocycles. The topological polar surface area (TPSA) is 60.7 Å². The third-order valence-corrected chi connectivity index (χ3v) is 5.04. The highest BCUT2D eigenvalue weighted by Crippen LogP contribution is 2.26. The molecule has 3 N–H and O–H groups in total. The van der Waals surface area contributed by atoms with Crippen LogP contribution < -0.4 is 0 Å². The van der Waals surface area contributed by atoms with Crippen LogP contribution in [0, 0.1) is 0 Å². The van der Waals surface area contributed by atoms with Gasteiger partial charge in [0.25, 0.3) is 0 Å². The van der Waals surface area contributed by atoms with E-state index < -0.39 is 0 Å². The molecule has 1 rings (SSSR count). The molecule has 3 nitrogen and oxygen atoms in total. The molecule has 1 saturated heterocycles. The van der Waals surface area contributed by atoms with E-state index in [0.717, 1.165) is 12.2 Å². The first kappa shape index (κ1) is 13.6. The normalized spacial score (nSPS) is 36.6. The van der Waals surface area contributed by atoms with Gasteiger partial charge in [0.2, 0.25) is 0 Å². The quantitative estimate of drug-likeness (QED) is 0.569. The third-order valence-electron chi connectivity index (χ3n) is 2.54. The molecule has 15 heavy (non-hydrogen) atoms. The minimum absolute atomic E-state index is 0.280. The van der Waals surface area contributed by atoms with E-state index in [1.54, 1.807) is 21.6 Å². The van der Waals surface area contributed by atoms with Gasteiger partial charge < -0.3 is 15.3 Å². The van der Waals surface area contributed by atoms with E-state index in [-0.39, 0.29) is 18.3 Å². The average Bonchev–Trinajstić information content (AvgIpc) is 2.21. The van der Waals surface area contributed by atoms with E-state index >= 15 is 0 Å². The summed E-state index contributed by atoms with van der Waals surface area (Å²) in [5, 5.41) is 28.7. The van der Waals surface area contributed by atoms with Crippen molar-refractivity contribution in [2.24, 2.45) is 0 Å². The summed E-state index contributed by atoms with van der Waals surface area (Å²) in [4.78, 5) is 0. The van der Waals surface area contributed by atoms with Crippen LogP contribution in [-0.4, -0.2) is 45.1 Å². The van der Waals surface area contributed by atoms with Crippen LogP contribution in [0.5, 0.6) is 0 Å². The van der Waals surface area contributed by atoms with Crippen LogP contribution in [-0.2, 0) is 0 Å². The van der Waals surface area contributed by atoms with Crippen molar-refractivity contribution in [3.63, 3.8) is 0 Å². The van der Waals surface area contributed by atoms with E-state index in [4.69, 9.17) is 0 Å². The fourth-order valence-corrected chi connectivity index (χ4v) is 3.82. The summed E-state index contributed by atoms with van der Waals surface area (Å²) >= 11 is 0. The number of hydrogen-bond acceptors (Lipinski definition) is 5. The van der Waals surface area contributed by atoms with Gasteiger partial charge in [-0.15, -0.1) is 0 Å². The second-order valence-electron chi connectivity index (χ2n) is 4.01. The Kier molecular flexibility index (Phi) is 7.08. The Bertz CT molecular complexity index is 153. The Morgan fingerprint density at radius 3 is 1.87 bits per heavy atom. The van der Waals surface area contributed by atoms with Crippen LogP contribution in [0.4, 0.5) is 0 Å². The first-order valence-electron chi connectivity index (χ1n) is 5.47. The van der Waals surface area contributed by atoms with E-state index in [0.29, 0.717) is 31.4 Å². The van der Waals surface area contributed by atoms with Crippen LogP contribution in [0.2, 0.25) is 0 Å². The summed E-state index contributed by atoms with van der Waals surface area (Å²) in [5.41, 5.74) is 0. The highest BCUT2D eigenvalue weighted by Gasteiger charge is 2.13. The summed E-state index contributed by atoms with van der Waals surface area (Å²) < 4.78 is 0. The molecular weight excluding hydrogens is 232 g/mol. The van der Waals surface area contributed by atoms with Gasteiger partial charge in [-0.05, 0) is 32.1 Å². The SMILES string of the molecule is OC1CCSSCC(O)CCC(O)CC1. The smallest absolute Gasteiger partial charge is 0.0639 e. The molecule has 0 aliphatic carbocycles. The van der Waals surface area contributed by atoms with Crippen molar-refractivity contribution in [2.75, 3.05) is 11.5 Å². The molecule has 0 spiro atoms. The third kappa shape index (κ3) is 6.68. The van der Waals surface area contributed by atoms with Crippen LogP contribution in [0.15, 0.2) is 0 Å². The van der Waals surface area contributed by atoms with Crippen molar-refractivity contribution in [3.05, 3.63) is 0 Å². The van der Waals surface area contributed by atoms with Gasteiger partial charge in [-0.1, -0.05) is 21.6 Å². The monoisotopic (exact) mass is 252 g/mol. The van der Waals surface area contributed by atoms with E-state index in [9.17, 15) is 15.3 Å². The molecule has 0 radical (unpaired) electrons. The molecular formula is C10H20O3S2. The molecule has 1 aliphatic rings. The van der Waals surface area contributed by atoms with Crippen LogP contribution in [0.25, 0.3) is 0 Å². The van der Waals surface area contributed by atoms with Crippen molar-refractivity contribution in [1.29, 1.82) is 0 Å². The van der Waals surface area contributed by atoms with Gasteiger partial charge in [-0.25, -0.2) is 0 Å². The summed E-state index contributed by atoms with van der Waals surface area (Å²) in [6, 6.07) is 0. The molecule has 5 heteroatoms. The Hall–Kier alpha value is 0.580. The molecule has 0 bridgehead atoms. The van der Waals surface area contributed by atoms with Crippen LogP contribution in [0.3, 0.4) is 0 Å². The predicted molar refractivity (Wildman–Crippen MR) is 66.0 cm³/mol. The Balaban J connectivity index is 2.30. The first-order valence-corrected chi connectivity index (χ1v) is 7.96. The summed E-state index contributed by atoms with van der Waals surface area (Å²) in [7, 11) is 3.36. The van der Waals surface area contributed by atoms with Gasteiger partial charge in [0, 0.05) is 11.5 Å². The molecule has 0 aromatic carbocycles. The molecule has 1 fully saturated rings.